The molecule has 0 N–H and O–H groups in total. The van der Waals surface area contributed by atoms with Crippen molar-refractivity contribution in [1.29, 1.82) is 0 Å². The fraction of sp³-hybridized carbons (Fsp3) is 0.200. The summed E-state index contributed by atoms with van der Waals surface area (Å²) >= 11 is 0. The van der Waals surface area contributed by atoms with Crippen LogP contribution in [0.3, 0.4) is 0 Å². The van der Waals surface area contributed by atoms with Crippen LogP contribution in [0.15, 0.2) is 53.1 Å². The van der Waals surface area contributed by atoms with Crippen LogP contribution in [0.4, 0.5) is 4.39 Å². The molecule has 140 valence electrons. The van der Waals surface area contributed by atoms with Crippen molar-refractivity contribution < 1.29 is 27.9 Å². The second-order valence-corrected chi connectivity index (χ2v) is 5.72. The molecular weight excluding hydrogens is 353 g/mol. The van der Waals surface area contributed by atoms with Gasteiger partial charge in [0, 0.05) is 11.1 Å². The Labute approximate surface area is 155 Å². The molecule has 0 atom stereocenters. The maximum atomic E-state index is 13.0. The van der Waals surface area contributed by atoms with E-state index in [2.05, 4.69) is 5.16 Å². The van der Waals surface area contributed by atoms with Gasteiger partial charge in [0.15, 0.2) is 12.4 Å². The molecule has 0 unspecified atom stereocenters. The molecule has 0 saturated carbocycles. The van der Waals surface area contributed by atoms with Crippen LogP contribution in [0.2, 0.25) is 0 Å². The first-order chi connectivity index (χ1) is 13.1. The predicted molar refractivity (Wildman–Crippen MR) is 94.9 cm³/mol. The molecule has 1 heterocycles. The monoisotopic (exact) mass is 371 g/mol. The number of aromatic nitrogens is 1. The van der Waals surface area contributed by atoms with Gasteiger partial charge in [0.1, 0.15) is 29.6 Å². The fourth-order valence-corrected chi connectivity index (χ4v) is 2.38. The summed E-state index contributed by atoms with van der Waals surface area (Å²) in [5, 5.41) is 3.92. The highest BCUT2D eigenvalue weighted by Crippen LogP contribution is 2.26. The largest absolute Gasteiger partial charge is 0.497 e. The van der Waals surface area contributed by atoms with Crippen molar-refractivity contribution in [3.05, 3.63) is 65.6 Å². The fourth-order valence-electron chi connectivity index (χ4n) is 2.38. The summed E-state index contributed by atoms with van der Waals surface area (Å²) in [5.41, 5.74) is 1.92. The Morgan fingerprint density at radius 3 is 2.41 bits per heavy atom. The van der Waals surface area contributed by atoms with Crippen LogP contribution in [0.1, 0.15) is 11.3 Å². The Kier molecular flexibility index (Phi) is 5.71. The minimum atomic E-state index is -0.531. The number of hydrogen-bond donors (Lipinski definition) is 0. The van der Waals surface area contributed by atoms with E-state index in [-0.39, 0.29) is 19.0 Å². The van der Waals surface area contributed by atoms with Gasteiger partial charge in [-0.1, -0.05) is 5.16 Å². The Balaban J connectivity index is 1.53. The van der Waals surface area contributed by atoms with Gasteiger partial charge in [-0.25, -0.2) is 9.18 Å². The second kappa shape index (κ2) is 8.35. The number of ether oxygens (including phenoxy) is 3. The Morgan fingerprint density at radius 2 is 1.74 bits per heavy atom. The molecule has 1 aromatic heterocycles. The van der Waals surface area contributed by atoms with Gasteiger partial charge in [0.25, 0.3) is 0 Å². The van der Waals surface area contributed by atoms with E-state index in [9.17, 15) is 9.18 Å². The molecule has 0 saturated heterocycles. The van der Waals surface area contributed by atoms with Gasteiger partial charge in [-0.3, -0.25) is 0 Å². The molecular formula is C20H18FNO5. The maximum Gasteiger partial charge on any atom is 0.344 e. The third-order valence-corrected chi connectivity index (χ3v) is 3.91. The first-order valence-electron chi connectivity index (χ1n) is 8.20. The number of methoxy groups -OCH3 is 1. The quantitative estimate of drug-likeness (QED) is 0.586. The second-order valence-electron chi connectivity index (χ2n) is 5.72. The lowest BCUT2D eigenvalue weighted by atomic mass is 10.1. The number of carbonyl (C=O) groups excluding carboxylic acids is 1. The topological polar surface area (TPSA) is 70.8 Å². The first kappa shape index (κ1) is 18.4. The van der Waals surface area contributed by atoms with Crippen molar-refractivity contribution in [2.45, 2.75) is 13.5 Å². The number of benzene rings is 2. The Bertz CT molecular complexity index is 903. The van der Waals surface area contributed by atoms with Crippen LogP contribution in [0.5, 0.6) is 11.5 Å². The normalized spacial score (nSPS) is 10.5. The van der Waals surface area contributed by atoms with E-state index in [1.165, 1.54) is 12.1 Å². The zero-order chi connectivity index (χ0) is 19.2. The molecule has 7 heteroatoms. The number of esters is 1. The number of rotatable bonds is 7. The minimum Gasteiger partial charge on any atom is -0.497 e. The SMILES string of the molecule is COc1ccc(OCC(=O)OCc2noc(-c3ccc(F)cc3)c2C)cc1. The highest BCUT2D eigenvalue weighted by molar-refractivity contribution is 5.71. The molecule has 0 fully saturated rings. The average molecular weight is 371 g/mol. The zero-order valence-electron chi connectivity index (χ0n) is 14.9. The molecule has 2 aromatic carbocycles. The molecule has 27 heavy (non-hydrogen) atoms. The molecule has 0 amide bonds. The van der Waals surface area contributed by atoms with Crippen molar-refractivity contribution in [3.63, 3.8) is 0 Å². The van der Waals surface area contributed by atoms with Crippen molar-refractivity contribution >= 4 is 5.97 Å². The van der Waals surface area contributed by atoms with E-state index in [1.807, 2.05) is 0 Å². The summed E-state index contributed by atoms with van der Waals surface area (Å²) in [7, 11) is 1.57. The summed E-state index contributed by atoms with van der Waals surface area (Å²) < 4.78 is 33.9. The molecule has 6 nitrogen and oxygen atoms in total. The molecule has 0 bridgehead atoms. The van der Waals surface area contributed by atoms with Gasteiger partial charge in [-0.05, 0) is 55.5 Å². The van der Waals surface area contributed by atoms with Gasteiger partial charge < -0.3 is 18.7 Å². The Morgan fingerprint density at radius 1 is 1.07 bits per heavy atom. The van der Waals surface area contributed by atoms with Crippen LogP contribution in [0.25, 0.3) is 11.3 Å². The number of carbonyl (C=O) groups is 1. The highest BCUT2D eigenvalue weighted by Gasteiger charge is 2.15. The summed E-state index contributed by atoms with van der Waals surface area (Å²) in [6.07, 6.45) is 0. The van der Waals surface area contributed by atoms with E-state index in [0.29, 0.717) is 28.5 Å². The minimum absolute atomic E-state index is 0.0403. The number of halogens is 1. The van der Waals surface area contributed by atoms with E-state index >= 15 is 0 Å². The van der Waals surface area contributed by atoms with Crippen molar-refractivity contribution in [1.82, 2.24) is 5.16 Å². The molecule has 0 aliphatic carbocycles. The van der Waals surface area contributed by atoms with Gasteiger partial charge in [0.05, 0.1) is 7.11 Å². The zero-order valence-corrected chi connectivity index (χ0v) is 14.9. The van der Waals surface area contributed by atoms with Gasteiger partial charge in [-0.15, -0.1) is 0 Å². The lowest BCUT2D eigenvalue weighted by Crippen LogP contribution is -2.15. The summed E-state index contributed by atoms with van der Waals surface area (Å²) in [6.45, 7) is 1.53. The maximum absolute atomic E-state index is 13.0. The molecule has 0 aliphatic rings. The molecule has 3 rings (SSSR count). The van der Waals surface area contributed by atoms with Gasteiger partial charge in [-0.2, -0.15) is 0 Å². The molecule has 0 spiro atoms. The third-order valence-electron chi connectivity index (χ3n) is 3.91. The average Bonchev–Trinajstić information content (AvgIpc) is 3.06. The number of hydrogen-bond acceptors (Lipinski definition) is 6. The number of nitrogens with zero attached hydrogens (tertiary/aromatic N) is 1. The summed E-state index contributed by atoms with van der Waals surface area (Å²) in [5.74, 6) is 0.876. The summed E-state index contributed by atoms with van der Waals surface area (Å²) in [4.78, 5) is 11.9. The standard InChI is InChI=1S/C20H18FNO5/c1-13-18(22-27-20(13)14-3-5-15(21)6-4-14)11-26-19(23)12-25-17-9-7-16(24-2)8-10-17/h3-10H,11-12H2,1-2H3. The third kappa shape index (κ3) is 4.63. The lowest BCUT2D eigenvalue weighted by molar-refractivity contribution is -0.147. The van der Waals surface area contributed by atoms with Crippen molar-refractivity contribution in [2.24, 2.45) is 0 Å². The van der Waals surface area contributed by atoms with Gasteiger partial charge >= 0.3 is 5.97 Å². The van der Waals surface area contributed by atoms with E-state index < -0.39 is 5.97 Å². The summed E-state index contributed by atoms with van der Waals surface area (Å²) in [6, 6.07) is 12.7. The lowest BCUT2D eigenvalue weighted by Gasteiger charge is -2.07. The van der Waals surface area contributed by atoms with Crippen LogP contribution >= 0.6 is 0 Å². The van der Waals surface area contributed by atoms with Crippen LogP contribution < -0.4 is 9.47 Å². The van der Waals surface area contributed by atoms with E-state index in [1.54, 1.807) is 50.4 Å². The molecule has 3 aromatic rings. The van der Waals surface area contributed by atoms with Crippen LogP contribution in [-0.2, 0) is 16.1 Å². The van der Waals surface area contributed by atoms with Crippen molar-refractivity contribution in [2.75, 3.05) is 13.7 Å². The van der Waals surface area contributed by atoms with Crippen molar-refractivity contribution in [3.8, 4) is 22.8 Å². The predicted octanol–water partition coefficient (Wildman–Crippen LogP) is 3.92. The van der Waals surface area contributed by atoms with Gasteiger partial charge in [0.2, 0.25) is 0 Å². The van der Waals surface area contributed by atoms with Crippen LogP contribution in [-0.4, -0.2) is 24.8 Å². The van der Waals surface area contributed by atoms with E-state index in [0.717, 1.165) is 5.56 Å². The van der Waals surface area contributed by atoms with Crippen LogP contribution in [0, 0.1) is 12.7 Å². The molecule has 0 aliphatic heterocycles. The Hall–Kier alpha value is -3.35. The molecule has 0 radical (unpaired) electrons. The first-order valence-corrected chi connectivity index (χ1v) is 8.20. The highest BCUT2D eigenvalue weighted by atomic mass is 19.1. The smallest absolute Gasteiger partial charge is 0.344 e. The van der Waals surface area contributed by atoms with E-state index in [4.69, 9.17) is 18.7 Å².